The highest BCUT2D eigenvalue weighted by atomic mass is 16.5. The summed E-state index contributed by atoms with van der Waals surface area (Å²) in [5, 5.41) is 2.98. The summed E-state index contributed by atoms with van der Waals surface area (Å²) in [6.45, 7) is 7.70. The topological polar surface area (TPSA) is 38.3 Å². The lowest BCUT2D eigenvalue weighted by molar-refractivity contribution is -0.117. The number of carbonyl (C=O) groups excluding carboxylic acids is 1. The molecule has 1 saturated heterocycles. The van der Waals surface area contributed by atoms with Crippen molar-refractivity contribution in [3.8, 4) is 0 Å². The first-order valence-electron chi connectivity index (χ1n) is 7.74. The molecule has 1 aliphatic heterocycles. The fourth-order valence-electron chi connectivity index (χ4n) is 2.29. The molecule has 0 spiro atoms. The highest BCUT2D eigenvalue weighted by Crippen LogP contribution is 2.19. The Hall–Kier alpha value is -1.35. The average molecular weight is 277 g/mol. The molecule has 1 heterocycles. The van der Waals surface area contributed by atoms with E-state index < -0.39 is 0 Å². The maximum Gasteiger partial charge on any atom is 0.224 e. The van der Waals surface area contributed by atoms with Crippen molar-refractivity contribution in [2.75, 3.05) is 18.5 Å². The molecule has 1 amide bonds. The van der Waals surface area contributed by atoms with E-state index in [1.165, 1.54) is 5.56 Å². The first-order valence-corrected chi connectivity index (χ1v) is 7.74. The second-order valence-electron chi connectivity index (χ2n) is 4.86. The molecule has 0 bridgehead atoms. The Morgan fingerprint density at radius 1 is 1.30 bits per heavy atom. The monoisotopic (exact) mass is 277 g/mol. The third-order valence-electron chi connectivity index (χ3n) is 3.43. The summed E-state index contributed by atoms with van der Waals surface area (Å²) in [6, 6.07) is 8.06. The zero-order chi connectivity index (χ0) is 14.8. The molecule has 0 aromatic heterocycles. The van der Waals surface area contributed by atoms with Crippen molar-refractivity contribution in [1.82, 2.24) is 0 Å². The standard InChI is InChI=1S/C15H21NO2.C2H6/c1-2-12-4-3-5-14(10-12)16-15(17)11-13-6-8-18-9-7-13;1-2/h3-5,10,13H,2,6-9,11H2,1H3,(H,16,17);1-2H3. The predicted octanol–water partition coefficient (Wildman–Crippen LogP) is 4.03. The molecule has 1 aromatic rings. The largest absolute Gasteiger partial charge is 0.381 e. The zero-order valence-electron chi connectivity index (χ0n) is 12.9. The molecule has 1 aliphatic rings. The van der Waals surface area contributed by atoms with E-state index in [9.17, 15) is 4.79 Å². The smallest absolute Gasteiger partial charge is 0.224 e. The van der Waals surface area contributed by atoms with Crippen LogP contribution in [-0.2, 0) is 16.0 Å². The van der Waals surface area contributed by atoms with Crippen LogP contribution in [0.15, 0.2) is 24.3 Å². The van der Waals surface area contributed by atoms with Crippen LogP contribution in [-0.4, -0.2) is 19.1 Å². The van der Waals surface area contributed by atoms with Gasteiger partial charge < -0.3 is 10.1 Å². The van der Waals surface area contributed by atoms with Crippen LogP contribution in [0, 0.1) is 5.92 Å². The number of carbonyl (C=O) groups is 1. The second-order valence-corrected chi connectivity index (χ2v) is 4.86. The van der Waals surface area contributed by atoms with Gasteiger partial charge in [-0.2, -0.15) is 0 Å². The summed E-state index contributed by atoms with van der Waals surface area (Å²) in [6.07, 6.45) is 3.61. The van der Waals surface area contributed by atoms with Gasteiger partial charge in [0.05, 0.1) is 0 Å². The molecule has 3 heteroatoms. The molecule has 1 N–H and O–H groups in total. The van der Waals surface area contributed by atoms with Crippen molar-refractivity contribution in [2.45, 2.75) is 46.5 Å². The van der Waals surface area contributed by atoms with E-state index in [2.05, 4.69) is 18.3 Å². The molecular weight excluding hydrogens is 250 g/mol. The Labute approximate surface area is 122 Å². The Morgan fingerprint density at radius 3 is 2.65 bits per heavy atom. The van der Waals surface area contributed by atoms with Gasteiger partial charge in [0.25, 0.3) is 0 Å². The molecule has 20 heavy (non-hydrogen) atoms. The molecular formula is C17H27NO2. The lowest BCUT2D eigenvalue weighted by Crippen LogP contribution is -2.22. The fourth-order valence-corrected chi connectivity index (χ4v) is 2.29. The molecule has 2 rings (SSSR count). The Kier molecular flexibility index (Phi) is 7.97. The van der Waals surface area contributed by atoms with Gasteiger partial charge in [-0.25, -0.2) is 0 Å². The van der Waals surface area contributed by atoms with Gasteiger partial charge in [0, 0.05) is 25.3 Å². The van der Waals surface area contributed by atoms with Crippen LogP contribution in [0.2, 0.25) is 0 Å². The first kappa shape index (κ1) is 16.7. The van der Waals surface area contributed by atoms with Crippen LogP contribution in [0.1, 0.15) is 45.6 Å². The number of hydrogen-bond donors (Lipinski definition) is 1. The molecule has 3 nitrogen and oxygen atoms in total. The Balaban J connectivity index is 0.000000956. The number of aryl methyl sites for hydroxylation is 1. The average Bonchev–Trinajstić information content (AvgIpc) is 2.50. The number of benzene rings is 1. The number of hydrogen-bond acceptors (Lipinski definition) is 2. The first-order chi connectivity index (χ1) is 9.78. The molecule has 1 aromatic carbocycles. The molecule has 0 aliphatic carbocycles. The van der Waals surface area contributed by atoms with E-state index in [1.54, 1.807) is 0 Å². The maximum atomic E-state index is 11.9. The van der Waals surface area contributed by atoms with E-state index in [1.807, 2.05) is 32.0 Å². The highest BCUT2D eigenvalue weighted by molar-refractivity contribution is 5.90. The van der Waals surface area contributed by atoms with Crippen LogP contribution in [0.25, 0.3) is 0 Å². The summed E-state index contributed by atoms with van der Waals surface area (Å²) in [5.41, 5.74) is 2.16. The quantitative estimate of drug-likeness (QED) is 0.902. The maximum absolute atomic E-state index is 11.9. The van der Waals surface area contributed by atoms with Crippen molar-refractivity contribution < 1.29 is 9.53 Å². The predicted molar refractivity (Wildman–Crippen MR) is 84.0 cm³/mol. The number of nitrogens with one attached hydrogen (secondary N) is 1. The van der Waals surface area contributed by atoms with Gasteiger partial charge in [0.15, 0.2) is 0 Å². The minimum Gasteiger partial charge on any atom is -0.381 e. The summed E-state index contributed by atoms with van der Waals surface area (Å²) in [4.78, 5) is 11.9. The van der Waals surface area contributed by atoms with E-state index in [4.69, 9.17) is 4.74 Å². The molecule has 112 valence electrons. The van der Waals surface area contributed by atoms with Gasteiger partial charge >= 0.3 is 0 Å². The van der Waals surface area contributed by atoms with Gasteiger partial charge in [0.1, 0.15) is 0 Å². The van der Waals surface area contributed by atoms with Crippen LogP contribution in [0.3, 0.4) is 0 Å². The van der Waals surface area contributed by atoms with Gasteiger partial charge in [-0.3, -0.25) is 4.79 Å². The van der Waals surface area contributed by atoms with Crippen LogP contribution in [0.5, 0.6) is 0 Å². The molecule has 1 fully saturated rings. The van der Waals surface area contributed by atoms with E-state index >= 15 is 0 Å². The van der Waals surface area contributed by atoms with E-state index in [0.717, 1.165) is 38.2 Å². The van der Waals surface area contributed by atoms with Crippen molar-refractivity contribution >= 4 is 11.6 Å². The van der Waals surface area contributed by atoms with Crippen molar-refractivity contribution in [2.24, 2.45) is 5.92 Å². The lowest BCUT2D eigenvalue weighted by Gasteiger charge is -2.21. The molecule has 0 atom stereocenters. The summed E-state index contributed by atoms with van der Waals surface area (Å²) in [7, 11) is 0. The highest BCUT2D eigenvalue weighted by Gasteiger charge is 2.17. The molecule has 0 radical (unpaired) electrons. The third-order valence-corrected chi connectivity index (χ3v) is 3.43. The Bertz CT molecular complexity index is 398. The van der Waals surface area contributed by atoms with Gasteiger partial charge in [-0.1, -0.05) is 32.9 Å². The summed E-state index contributed by atoms with van der Waals surface area (Å²) < 4.78 is 5.30. The summed E-state index contributed by atoms with van der Waals surface area (Å²) >= 11 is 0. The Morgan fingerprint density at radius 2 is 2.00 bits per heavy atom. The van der Waals surface area contributed by atoms with Crippen molar-refractivity contribution in [3.05, 3.63) is 29.8 Å². The fraction of sp³-hybridized carbons (Fsp3) is 0.588. The minimum absolute atomic E-state index is 0.121. The second kappa shape index (κ2) is 9.54. The minimum atomic E-state index is 0.121. The SMILES string of the molecule is CC.CCc1cccc(NC(=O)CC2CCOCC2)c1. The van der Waals surface area contributed by atoms with Gasteiger partial charge in [0.2, 0.25) is 5.91 Å². The van der Waals surface area contributed by atoms with Crippen molar-refractivity contribution in [1.29, 1.82) is 0 Å². The van der Waals surface area contributed by atoms with Crippen LogP contribution < -0.4 is 5.32 Å². The number of amides is 1. The zero-order valence-corrected chi connectivity index (χ0v) is 12.9. The van der Waals surface area contributed by atoms with Gasteiger partial charge in [-0.05, 0) is 42.9 Å². The van der Waals surface area contributed by atoms with Crippen LogP contribution in [0.4, 0.5) is 5.69 Å². The van der Waals surface area contributed by atoms with Gasteiger partial charge in [-0.15, -0.1) is 0 Å². The number of anilines is 1. The summed E-state index contributed by atoms with van der Waals surface area (Å²) in [5.74, 6) is 0.600. The number of rotatable bonds is 4. The third kappa shape index (κ3) is 5.74. The van der Waals surface area contributed by atoms with Crippen molar-refractivity contribution in [3.63, 3.8) is 0 Å². The normalized spacial score (nSPS) is 15.2. The van der Waals surface area contributed by atoms with E-state index in [-0.39, 0.29) is 5.91 Å². The van der Waals surface area contributed by atoms with Crippen LogP contribution >= 0.6 is 0 Å². The molecule has 0 saturated carbocycles. The van der Waals surface area contributed by atoms with E-state index in [0.29, 0.717) is 12.3 Å². The lowest BCUT2D eigenvalue weighted by atomic mass is 9.96. The number of ether oxygens (including phenoxy) is 1. The molecule has 0 unspecified atom stereocenters.